The van der Waals surface area contributed by atoms with Gasteiger partial charge in [0.25, 0.3) is 5.91 Å². The van der Waals surface area contributed by atoms with Crippen molar-refractivity contribution >= 4 is 23.3 Å². The summed E-state index contributed by atoms with van der Waals surface area (Å²) < 4.78 is 0. The molecule has 136 valence electrons. The minimum atomic E-state index is -0.647. The topological polar surface area (TPSA) is 104 Å². The zero-order chi connectivity index (χ0) is 18.5. The molecule has 3 amide bonds. The average molecular weight is 353 g/mol. The van der Waals surface area contributed by atoms with Gasteiger partial charge < -0.3 is 21.5 Å². The van der Waals surface area contributed by atoms with E-state index in [1.807, 2.05) is 6.07 Å². The first-order valence-corrected chi connectivity index (χ1v) is 8.84. The van der Waals surface area contributed by atoms with Crippen molar-refractivity contribution in [1.82, 2.24) is 0 Å². The van der Waals surface area contributed by atoms with Crippen molar-refractivity contribution < 1.29 is 14.7 Å². The van der Waals surface area contributed by atoms with Gasteiger partial charge in [0.2, 0.25) is 0 Å². The molecule has 1 fully saturated rings. The number of rotatable bonds is 4. The summed E-state index contributed by atoms with van der Waals surface area (Å²) >= 11 is 0. The molecule has 0 heterocycles. The highest BCUT2D eigenvalue weighted by Gasteiger charge is 2.19. The Morgan fingerprint density at radius 1 is 0.923 bits per heavy atom. The Morgan fingerprint density at radius 2 is 1.54 bits per heavy atom. The summed E-state index contributed by atoms with van der Waals surface area (Å²) in [5.41, 5.74) is 7.54. The fourth-order valence-corrected chi connectivity index (χ4v) is 3.40. The quantitative estimate of drug-likeness (QED) is 0.662. The molecule has 6 nitrogen and oxygen atoms in total. The number of aromatic hydroxyl groups is 1. The maximum Gasteiger partial charge on any atom is 0.316 e. The molecule has 5 N–H and O–H groups in total. The average Bonchev–Trinajstić information content (AvgIpc) is 2.64. The summed E-state index contributed by atoms with van der Waals surface area (Å²) in [5.74, 6) is 0.0555. The van der Waals surface area contributed by atoms with E-state index in [-0.39, 0.29) is 17.2 Å². The van der Waals surface area contributed by atoms with Crippen LogP contribution in [0.4, 0.5) is 16.2 Å². The van der Waals surface area contributed by atoms with Crippen LogP contribution in [0.5, 0.6) is 5.75 Å². The third-order valence-corrected chi connectivity index (χ3v) is 4.75. The monoisotopic (exact) mass is 353 g/mol. The van der Waals surface area contributed by atoms with E-state index in [1.165, 1.54) is 19.3 Å². The number of primary amides is 1. The number of carbonyl (C=O) groups excluding carboxylic acids is 2. The molecule has 0 spiro atoms. The van der Waals surface area contributed by atoms with Gasteiger partial charge in [0, 0.05) is 11.4 Å². The molecule has 1 saturated carbocycles. The Bertz CT molecular complexity index is 796. The number of phenols is 1. The van der Waals surface area contributed by atoms with Crippen LogP contribution >= 0.6 is 0 Å². The number of nitrogens with one attached hydrogen (secondary N) is 2. The largest absolute Gasteiger partial charge is 0.507 e. The highest BCUT2D eigenvalue weighted by Crippen LogP contribution is 2.34. The number of hydrogen-bond acceptors (Lipinski definition) is 3. The Labute approximate surface area is 152 Å². The normalized spacial score (nSPS) is 14.6. The number of urea groups is 1. The van der Waals surface area contributed by atoms with Crippen molar-refractivity contribution in [2.45, 2.75) is 38.0 Å². The Kier molecular flexibility index (Phi) is 5.41. The van der Waals surface area contributed by atoms with Crippen LogP contribution in [0.1, 0.15) is 53.9 Å². The van der Waals surface area contributed by atoms with Crippen LogP contribution < -0.4 is 16.4 Å². The van der Waals surface area contributed by atoms with E-state index in [0.29, 0.717) is 17.3 Å². The fraction of sp³-hybridized carbons (Fsp3) is 0.300. The molecule has 0 saturated heterocycles. The molecular weight excluding hydrogens is 330 g/mol. The molecule has 1 aliphatic rings. The maximum absolute atomic E-state index is 12.6. The Hall–Kier alpha value is -3.02. The van der Waals surface area contributed by atoms with Crippen LogP contribution in [-0.4, -0.2) is 17.0 Å². The van der Waals surface area contributed by atoms with Crippen molar-refractivity contribution in [1.29, 1.82) is 0 Å². The lowest BCUT2D eigenvalue weighted by atomic mass is 9.83. The number of carbonyl (C=O) groups is 2. The third kappa shape index (κ3) is 4.33. The number of benzene rings is 2. The number of hydrogen-bond donors (Lipinski definition) is 4. The highest BCUT2D eigenvalue weighted by molar-refractivity contribution is 6.06. The zero-order valence-corrected chi connectivity index (χ0v) is 14.5. The van der Waals surface area contributed by atoms with Crippen molar-refractivity contribution in [3.8, 4) is 5.75 Å². The fourth-order valence-electron chi connectivity index (χ4n) is 3.40. The Balaban J connectivity index is 1.73. The lowest BCUT2D eigenvalue weighted by Gasteiger charge is -2.22. The van der Waals surface area contributed by atoms with Gasteiger partial charge in [-0.25, -0.2) is 4.79 Å². The number of nitrogens with two attached hydrogens (primary N) is 1. The van der Waals surface area contributed by atoms with Crippen LogP contribution in [0.25, 0.3) is 0 Å². The molecule has 0 unspecified atom stereocenters. The summed E-state index contributed by atoms with van der Waals surface area (Å²) in [6.07, 6.45) is 5.93. The highest BCUT2D eigenvalue weighted by atomic mass is 16.3. The van der Waals surface area contributed by atoms with Gasteiger partial charge in [-0.1, -0.05) is 25.3 Å². The minimum absolute atomic E-state index is 0.0333. The van der Waals surface area contributed by atoms with Crippen molar-refractivity contribution in [3.63, 3.8) is 0 Å². The van der Waals surface area contributed by atoms with Crippen LogP contribution in [0.2, 0.25) is 0 Å². The lowest BCUT2D eigenvalue weighted by Crippen LogP contribution is -2.19. The van der Waals surface area contributed by atoms with Crippen LogP contribution in [0.15, 0.2) is 42.5 Å². The van der Waals surface area contributed by atoms with Crippen molar-refractivity contribution in [2.75, 3.05) is 10.6 Å². The molecule has 26 heavy (non-hydrogen) atoms. The molecule has 3 rings (SSSR count). The zero-order valence-electron chi connectivity index (χ0n) is 14.5. The molecule has 2 aromatic carbocycles. The summed E-state index contributed by atoms with van der Waals surface area (Å²) in [6, 6.07) is 11.2. The number of amides is 3. The first-order chi connectivity index (χ1) is 12.5. The molecule has 0 atom stereocenters. The van der Waals surface area contributed by atoms with Gasteiger partial charge in [-0.2, -0.15) is 0 Å². The van der Waals surface area contributed by atoms with E-state index in [2.05, 4.69) is 10.6 Å². The molecular formula is C20H23N3O3. The predicted octanol–water partition coefficient (Wildman–Crippen LogP) is 4.18. The van der Waals surface area contributed by atoms with Crippen molar-refractivity contribution in [2.24, 2.45) is 5.73 Å². The maximum atomic E-state index is 12.6. The lowest BCUT2D eigenvalue weighted by molar-refractivity contribution is 0.102. The van der Waals surface area contributed by atoms with Gasteiger partial charge in [-0.15, -0.1) is 0 Å². The Morgan fingerprint density at radius 3 is 2.15 bits per heavy atom. The molecule has 0 aliphatic heterocycles. The first-order valence-electron chi connectivity index (χ1n) is 8.84. The molecule has 6 heteroatoms. The third-order valence-electron chi connectivity index (χ3n) is 4.75. The van der Waals surface area contributed by atoms with Gasteiger partial charge in [-0.3, -0.25) is 4.79 Å². The second kappa shape index (κ2) is 7.91. The molecule has 0 aromatic heterocycles. The van der Waals surface area contributed by atoms with E-state index < -0.39 is 6.03 Å². The van der Waals surface area contributed by atoms with E-state index >= 15 is 0 Å². The van der Waals surface area contributed by atoms with E-state index in [0.717, 1.165) is 18.4 Å². The molecule has 1 aliphatic carbocycles. The smallest absolute Gasteiger partial charge is 0.316 e. The van der Waals surface area contributed by atoms with E-state index in [4.69, 9.17) is 5.73 Å². The predicted molar refractivity (Wildman–Crippen MR) is 102 cm³/mol. The van der Waals surface area contributed by atoms with Crippen LogP contribution in [-0.2, 0) is 0 Å². The van der Waals surface area contributed by atoms with Gasteiger partial charge >= 0.3 is 6.03 Å². The van der Waals surface area contributed by atoms with Crippen molar-refractivity contribution in [3.05, 3.63) is 53.6 Å². The second-order valence-corrected chi connectivity index (χ2v) is 6.63. The summed E-state index contributed by atoms with van der Waals surface area (Å²) in [4.78, 5) is 23.4. The van der Waals surface area contributed by atoms with Gasteiger partial charge in [0.15, 0.2) is 0 Å². The second-order valence-electron chi connectivity index (χ2n) is 6.63. The van der Waals surface area contributed by atoms with E-state index in [9.17, 15) is 14.7 Å². The summed E-state index contributed by atoms with van der Waals surface area (Å²) in [5, 5.41) is 15.3. The summed E-state index contributed by atoms with van der Waals surface area (Å²) in [7, 11) is 0. The number of anilines is 2. The standard InChI is InChI=1S/C20H23N3O3/c21-20(26)23-16-9-7-15(8-10-16)22-19(25)17-12-14(6-11-18(17)24)13-4-2-1-3-5-13/h6-13,24H,1-5H2,(H,22,25)(H3,21,23,26). The number of phenolic OH excluding ortho intramolecular Hbond substituents is 1. The van der Waals surface area contributed by atoms with Gasteiger partial charge in [-0.05, 0) is 60.7 Å². The molecule has 2 aromatic rings. The first kappa shape index (κ1) is 17.8. The molecule has 0 radical (unpaired) electrons. The van der Waals surface area contributed by atoms with Crippen LogP contribution in [0.3, 0.4) is 0 Å². The minimum Gasteiger partial charge on any atom is -0.507 e. The SMILES string of the molecule is NC(=O)Nc1ccc(NC(=O)c2cc(C3CCCCC3)ccc2O)cc1. The van der Waals surface area contributed by atoms with Crippen LogP contribution in [0, 0.1) is 0 Å². The van der Waals surface area contributed by atoms with E-state index in [1.54, 1.807) is 36.4 Å². The van der Waals surface area contributed by atoms with Gasteiger partial charge in [0.05, 0.1) is 5.56 Å². The van der Waals surface area contributed by atoms with Gasteiger partial charge in [0.1, 0.15) is 5.75 Å². The summed E-state index contributed by atoms with van der Waals surface area (Å²) in [6.45, 7) is 0. The molecule has 0 bridgehead atoms.